The predicted molar refractivity (Wildman–Crippen MR) is 99.5 cm³/mol. The number of rotatable bonds is 6. The first kappa shape index (κ1) is 18.0. The number of ether oxygens (including phenoxy) is 1. The Labute approximate surface area is 154 Å². The number of methoxy groups -OCH3 is 1. The Morgan fingerprint density at radius 2 is 2.04 bits per heavy atom. The summed E-state index contributed by atoms with van der Waals surface area (Å²) in [5.41, 5.74) is 3.17. The molecule has 1 atom stereocenters. The first-order chi connectivity index (χ1) is 12.6. The summed E-state index contributed by atoms with van der Waals surface area (Å²) in [4.78, 5) is 26.5. The Kier molecular flexibility index (Phi) is 5.56. The standard InChI is InChI=1S/C21H24N2O3/c1-15-6-5-7-16(10-15)12-22-21(25)18-11-20(24)23(14-18)13-17-8-3-4-9-19(17)26-2/h3-10,18H,11-14H2,1-2H3,(H,22,25). The Hall–Kier alpha value is -2.82. The molecule has 0 saturated carbocycles. The van der Waals surface area contributed by atoms with E-state index >= 15 is 0 Å². The van der Waals surface area contributed by atoms with Crippen LogP contribution in [-0.2, 0) is 22.7 Å². The number of carbonyl (C=O) groups is 2. The minimum atomic E-state index is -0.304. The van der Waals surface area contributed by atoms with Gasteiger partial charge in [0.1, 0.15) is 5.75 Å². The van der Waals surface area contributed by atoms with Crippen molar-refractivity contribution in [2.24, 2.45) is 5.92 Å². The van der Waals surface area contributed by atoms with E-state index in [0.717, 1.165) is 22.4 Å². The van der Waals surface area contributed by atoms with Gasteiger partial charge in [0.05, 0.1) is 13.0 Å². The summed E-state index contributed by atoms with van der Waals surface area (Å²) in [6.45, 7) is 3.41. The van der Waals surface area contributed by atoms with Crippen LogP contribution in [0.3, 0.4) is 0 Å². The summed E-state index contributed by atoms with van der Waals surface area (Å²) in [5, 5.41) is 2.95. The van der Waals surface area contributed by atoms with Crippen molar-refractivity contribution < 1.29 is 14.3 Å². The van der Waals surface area contributed by atoms with Crippen LogP contribution in [0.4, 0.5) is 0 Å². The molecular formula is C21H24N2O3. The third-order valence-electron chi connectivity index (χ3n) is 4.69. The summed E-state index contributed by atoms with van der Waals surface area (Å²) >= 11 is 0. The molecule has 2 amide bonds. The van der Waals surface area contributed by atoms with E-state index in [0.29, 0.717) is 19.6 Å². The van der Waals surface area contributed by atoms with Gasteiger partial charge >= 0.3 is 0 Å². The normalized spacial score (nSPS) is 16.6. The largest absolute Gasteiger partial charge is 0.496 e. The fraction of sp³-hybridized carbons (Fsp3) is 0.333. The third-order valence-corrected chi connectivity index (χ3v) is 4.69. The number of nitrogens with one attached hydrogen (secondary N) is 1. The number of hydrogen-bond acceptors (Lipinski definition) is 3. The van der Waals surface area contributed by atoms with Gasteiger partial charge in [0.2, 0.25) is 11.8 Å². The Balaban J connectivity index is 1.57. The fourth-order valence-corrected chi connectivity index (χ4v) is 3.30. The molecule has 1 fully saturated rings. The van der Waals surface area contributed by atoms with E-state index in [9.17, 15) is 9.59 Å². The molecule has 3 rings (SSSR count). The van der Waals surface area contributed by atoms with Crippen LogP contribution < -0.4 is 10.1 Å². The molecule has 1 aliphatic heterocycles. The molecule has 5 heteroatoms. The van der Waals surface area contributed by atoms with Gasteiger partial charge in [-0.3, -0.25) is 9.59 Å². The van der Waals surface area contributed by atoms with Crippen molar-refractivity contribution >= 4 is 11.8 Å². The second-order valence-electron chi connectivity index (χ2n) is 6.69. The van der Waals surface area contributed by atoms with Gasteiger partial charge in [-0.25, -0.2) is 0 Å². The molecular weight excluding hydrogens is 328 g/mol. The number of carbonyl (C=O) groups excluding carboxylic acids is 2. The van der Waals surface area contributed by atoms with Crippen molar-refractivity contribution in [2.45, 2.75) is 26.4 Å². The van der Waals surface area contributed by atoms with Gasteiger partial charge in [0.15, 0.2) is 0 Å². The summed E-state index contributed by atoms with van der Waals surface area (Å²) in [6, 6.07) is 15.7. The van der Waals surface area contributed by atoms with Gasteiger partial charge in [-0.05, 0) is 18.6 Å². The first-order valence-corrected chi connectivity index (χ1v) is 8.79. The molecule has 2 aromatic carbocycles. The lowest BCUT2D eigenvalue weighted by molar-refractivity contribution is -0.129. The molecule has 26 heavy (non-hydrogen) atoms. The maximum Gasteiger partial charge on any atom is 0.225 e. The van der Waals surface area contributed by atoms with Gasteiger partial charge in [-0.1, -0.05) is 48.0 Å². The van der Waals surface area contributed by atoms with E-state index in [1.165, 1.54) is 0 Å². The monoisotopic (exact) mass is 352 g/mol. The molecule has 2 aromatic rings. The quantitative estimate of drug-likeness (QED) is 0.870. The fourth-order valence-electron chi connectivity index (χ4n) is 3.30. The molecule has 1 unspecified atom stereocenters. The van der Waals surface area contributed by atoms with E-state index < -0.39 is 0 Å². The second kappa shape index (κ2) is 8.04. The summed E-state index contributed by atoms with van der Waals surface area (Å²) in [7, 11) is 1.62. The Morgan fingerprint density at radius 3 is 2.81 bits per heavy atom. The van der Waals surface area contributed by atoms with E-state index in [1.807, 2.05) is 55.5 Å². The minimum Gasteiger partial charge on any atom is -0.496 e. The van der Waals surface area contributed by atoms with E-state index in [2.05, 4.69) is 5.32 Å². The molecule has 5 nitrogen and oxygen atoms in total. The number of benzene rings is 2. The lowest BCUT2D eigenvalue weighted by atomic mass is 10.1. The average Bonchev–Trinajstić information content (AvgIpc) is 3.01. The smallest absolute Gasteiger partial charge is 0.225 e. The van der Waals surface area contributed by atoms with Gasteiger partial charge in [0, 0.05) is 31.6 Å². The molecule has 0 bridgehead atoms. The molecule has 1 heterocycles. The summed E-state index contributed by atoms with van der Waals surface area (Å²) in [5.74, 6) is 0.392. The van der Waals surface area contributed by atoms with E-state index in [-0.39, 0.29) is 24.2 Å². The number of para-hydroxylation sites is 1. The molecule has 1 aliphatic rings. The molecule has 0 aromatic heterocycles. The predicted octanol–water partition coefficient (Wildman–Crippen LogP) is 2.67. The molecule has 0 spiro atoms. The summed E-state index contributed by atoms with van der Waals surface area (Å²) < 4.78 is 5.35. The highest BCUT2D eigenvalue weighted by molar-refractivity contribution is 5.89. The van der Waals surface area contributed by atoms with Crippen molar-refractivity contribution in [2.75, 3.05) is 13.7 Å². The van der Waals surface area contributed by atoms with E-state index in [4.69, 9.17) is 4.74 Å². The van der Waals surface area contributed by atoms with Crippen LogP contribution in [0.5, 0.6) is 5.75 Å². The second-order valence-corrected chi connectivity index (χ2v) is 6.69. The maximum atomic E-state index is 12.5. The number of hydrogen-bond donors (Lipinski definition) is 1. The number of amides is 2. The maximum absolute atomic E-state index is 12.5. The lowest BCUT2D eigenvalue weighted by Gasteiger charge is -2.18. The van der Waals surface area contributed by atoms with Crippen molar-refractivity contribution in [3.8, 4) is 5.75 Å². The van der Waals surface area contributed by atoms with Crippen molar-refractivity contribution in [1.29, 1.82) is 0 Å². The minimum absolute atomic E-state index is 0.00612. The van der Waals surface area contributed by atoms with Gasteiger partial charge in [0.25, 0.3) is 0 Å². The van der Waals surface area contributed by atoms with E-state index in [1.54, 1.807) is 12.0 Å². The number of nitrogens with zero attached hydrogens (tertiary/aromatic N) is 1. The van der Waals surface area contributed by atoms with Crippen LogP contribution >= 0.6 is 0 Å². The zero-order valence-electron chi connectivity index (χ0n) is 15.2. The molecule has 0 radical (unpaired) electrons. The number of aryl methyl sites for hydroxylation is 1. The van der Waals surface area contributed by atoms with Crippen molar-refractivity contribution in [3.05, 3.63) is 65.2 Å². The Morgan fingerprint density at radius 1 is 1.23 bits per heavy atom. The lowest BCUT2D eigenvalue weighted by Crippen LogP contribution is -2.32. The highest BCUT2D eigenvalue weighted by Gasteiger charge is 2.34. The average molecular weight is 352 g/mol. The highest BCUT2D eigenvalue weighted by Crippen LogP contribution is 2.24. The highest BCUT2D eigenvalue weighted by atomic mass is 16.5. The van der Waals surface area contributed by atoms with Gasteiger partial charge < -0.3 is 15.0 Å². The molecule has 136 valence electrons. The zero-order chi connectivity index (χ0) is 18.5. The first-order valence-electron chi connectivity index (χ1n) is 8.79. The Bertz CT molecular complexity index is 803. The van der Waals surface area contributed by atoms with Crippen molar-refractivity contribution in [1.82, 2.24) is 10.2 Å². The summed E-state index contributed by atoms with van der Waals surface area (Å²) in [6.07, 6.45) is 0.259. The van der Waals surface area contributed by atoms with Crippen LogP contribution in [0.15, 0.2) is 48.5 Å². The van der Waals surface area contributed by atoms with Crippen LogP contribution in [0, 0.1) is 12.8 Å². The third kappa shape index (κ3) is 4.23. The van der Waals surface area contributed by atoms with Crippen LogP contribution in [0.25, 0.3) is 0 Å². The zero-order valence-corrected chi connectivity index (χ0v) is 15.2. The van der Waals surface area contributed by atoms with Crippen molar-refractivity contribution in [3.63, 3.8) is 0 Å². The molecule has 0 aliphatic carbocycles. The number of likely N-dealkylation sites (tertiary alicyclic amines) is 1. The van der Waals surface area contributed by atoms with Crippen LogP contribution in [0.2, 0.25) is 0 Å². The topological polar surface area (TPSA) is 58.6 Å². The SMILES string of the molecule is COc1ccccc1CN1CC(C(=O)NCc2cccc(C)c2)CC1=O. The van der Waals surface area contributed by atoms with Gasteiger partial charge in [-0.2, -0.15) is 0 Å². The molecule has 1 saturated heterocycles. The van der Waals surface area contributed by atoms with Crippen LogP contribution in [0.1, 0.15) is 23.1 Å². The van der Waals surface area contributed by atoms with Crippen LogP contribution in [-0.4, -0.2) is 30.4 Å². The molecule has 1 N–H and O–H groups in total. The van der Waals surface area contributed by atoms with Gasteiger partial charge in [-0.15, -0.1) is 0 Å².